The Morgan fingerprint density at radius 1 is 1.20 bits per heavy atom. The first kappa shape index (κ1) is 23.2. The van der Waals surface area contributed by atoms with Crippen LogP contribution >= 0.6 is 0 Å². The molecule has 0 N–H and O–H groups in total. The number of nitrogens with zero attached hydrogens (tertiary/aromatic N) is 4. The zero-order valence-corrected chi connectivity index (χ0v) is 20.1. The van der Waals surface area contributed by atoms with Gasteiger partial charge < -0.3 is 28.7 Å². The van der Waals surface area contributed by atoms with Crippen LogP contribution in [0, 0.1) is 17.2 Å². The van der Waals surface area contributed by atoms with Crippen molar-refractivity contribution >= 4 is 17.3 Å². The highest BCUT2D eigenvalue weighted by Crippen LogP contribution is 2.41. The molecular weight excluding hydrogens is 448 g/mol. The molecule has 0 aliphatic carbocycles. The van der Waals surface area contributed by atoms with Gasteiger partial charge in [-0.3, -0.25) is 4.79 Å². The molecule has 3 aliphatic heterocycles. The zero-order chi connectivity index (χ0) is 24.4. The smallest absolute Gasteiger partial charge is 0.231 e. The van der Waals surface area contributed by atoms with Crippen molar-refractivity contribution in [3.8, 4) is 23.4 Å². The van der Waals surface area contributed by atoms with Gasteiger partial charge in [0.1, 0.15) is 35.3 Å². The molecule has 1 aromatic carbocycles. The number of carbonyl (C=O) groups excluding carboxylic acids is 1. The van der Waals surface area contributed by atoms with E-state index in [0.29, 0.717) is 44.3 Å². The number of aromatic nitrogens is 1. The van der Waals surface area contributed by atoms with Gasteiger partial charge in [-0.1, -0.05) is 0 Å². The van der Waals surface area contributed by atoms with Gasteiger partial charge in [0.15, 0.2) is 0 Å². The summed E-state index contributed by atoms with van der Waals surface area (Å²) in [4.78, 5) is 21.2. The van der Waals surface area contributed by atoms with Gasteiger partial charge in [0.25, 0.3) is 0 Å². The van der Waals surface area contributed by atoms with Crippen molar-refractivity contribution in [2.75, 3.05) is 44.9 Å². The topological polar surface area (TPSA) is 97.2 Å². The molecule has 2 aromatic rings. The van der Waals surface area contributed by atoms with E-state index in [0.717, 1.165) is 42.1 Å². The maximum atomic E-state index is 12.9. The summed E-state index contributed by atoms with van der Waals surface area (Å²) < 4.78 is 23.0. The molecular formula is C26H30N4O5. The number of fused-ring (bicyclic) bond motifs is 1. The first-order chi connectivity index (χ1) is 17.1. The number of rotatable bonds is 5. The van der Waals surface area contributed by atoms with E-state index in [1.807, 2.05) is 30.0 Å². The lowest BCUT2D eigenvalue weighted by atomic mass is 9.99. The molecule has 2 saturated heterocycles. The van der Waals surface area contributed by atoms with E-state index in [2.05, 4.69) is 16.0 Å². The van der Waals surface area contributed by atoms with Gasteiger partial charge in [-0.05, 0) is 38.0 Å². The third-order valence-electron chi connectivity index (χ3n) is 6.78. The predicted molar refractivity (Wildman–Crippen MR) is 128 cm³/mol. The number of hydrogen-bond acceptors (Lipinski definition) is 8. The molecule has 9 heteroatoms. The lowest BCUT2D eigenvalue weighted by Gasteiger charge is -2.35. The van der Waals surface area contributed by atoms with Gasteiger partial charge in [-0.2, -0.15) is 5.26 Å². The van der Waals surface area contributed by atoms with Crippen molar-refractivity contribution in [2.45, 2.75) is 38.4 Å². The second kappa shape index (κ2) is 10.0. The minimum atomic E-state index is -0.0541. The number of carbonyl (C=O) groups is 1. The Morgan fingerprint density at radius 2 is 2.03 bits per heavy atom. The lowest BCUT2D eigenvalue weighted by Crippen LogP contribution is -2.38. The van der Waals surface area contributed by atoms with Crippen LogP contribution in [-0.4, -0.2) is 68.0 Å². The molecule has 9 nitrogen and oxygen atoms in total. The van der Waals surface area contributed by atoms with Crippen LogP contribution in [0.5, 0.6) is 17.4 Å². The number of pyridine rings is 1. The van der Waals surface area contributed by atoms with E-state index in [-0.39, 0.29) is 24.0 Å². The summed E-state index contributed by atoms with van der Waals surface area (Å²) in [5.41, 5.74) is 2.01. The summed E-state index contributed by atoms with van der Waals surface area (Å²) in [5.74, 6) is 2.05. The quantitative estimate of drug-likeness (QED) is 0.646. The molecule has 5 rings (SSSR count). The number of amides is 1. The van der Waals surface area contributed by atoms with Gasteiger partial charge in [0.2, 0.25) is 11.8 Å². The molecule has 0 spiro atoms. The predicted octanol–water partition coefficient (Wildman–Crippen LogP) is 3.29. The van der Waals surface area contributed by atoms with Gasteiger partial charge in [-0.15, -0.1) is 0 Å². The highest BCUT2D eigenvalue weighted by Gasteiger charge is 2.33. The summed E-state index contributed by atoms with van der Waals surface area (Å²) in [6, 6.07) is 9.70. The van der Waals surface area contributed by atoms with Gasteiger partial charge >= 0.3 is 0 Å². The Labute approximate surface area is 205 Å². The van der Waals surface area contributed by atoms with Gasteiger partial charge in [0, 0.05) is 38.2 Å². The van der Waals surface area contributed by atoms with Crippen LogP contribution in [0.4, 0.5) is 11.4 Å². The monoisotopic (exact) mass is 478 g/mol. The normalized spacial score (nSPS) is 22.2. The number of nitriles is 1. The van der Waals surface area contributed by atoms with E-state index < -0.39 is 0 Å². The molecule has 35 heavy (non-hydrogen) atoms. The number of methoxy groups -OCH3 is 1. The van der Waals surface area contributed by atoms with E-state index in [1.54, 1.807) is 12.3 Å². The van der Waals surface area contributed by atoms with Crippen molar-refractivity contribution in [3.05, 3.63) is 36.0 Å². The summed E-state index contributed by atoms with van der Waals surface area (Å²) >= 11 is 0. The summed E-state index contributed by atoms with van der Waals surface area (Å²) in [6.45, 7) is 5.24. The van der Waals surface area contributed by atoms with Crippen molar-refractivity contribution in [3.63, 3.8) is 0 Å². The molecule has 0 radical (unpaired) electrons. The molecule has 2 atom stereocenters. The highest BCUT2D eigenvalue weighted by atomic mass is 16.5. The summed E-state index contributed by atoms with van der Waals surface area (Å²) in [5, 5.41) is 9.50. The standard InChI is InChI=1S/C26H30N4O5/c1-17-15-30(20-11-19(13-27)25(32-2)28-14-20)23-12-21(3-4-24(23)34-17)35-22-5-8-29(16-22)26(31)18-6-9-33-10-7-18/h3-4,11-12,14,17-18,22H,5-10,15-16H2,1-2H3. The van der Waals surface area contributed by atoms with Gasteiger partial charge in [0.05, 0.1) is 37.8 Å². The van der Waals surface area contributed by atoms with E-state index in [1.165, 1.54) is 7.11 Å². The Morgan fingerprint density at radius 3 is 2.80 bits per heavy atom. The molecule has 3 aliphatic rings. The minimum Gasteiger partial charge on any atom is -0.488 e. The third-order valence-corrected chi connectivity index (χ3v) is 6.78. The molecule has 2 fully saturated rings. The van der Waals surface area contributed by atoms with E-state index in [9.17, 15) is 10.1 Å². The number of hydrogen-bond donors (Lipinski definition) is 0. The Hall–Kier alpha value is -3.51. The first-order valence-electron chi connectivity index (χ1n) is 12.1. The summed E-state index contributed by atoms with van der Waals surface area (Å²) in [6.07, 6.45) is 4.01. The SMILES string of the molecule is COc1ncc(N2CC(C)Oc3ccc(OC4CCN(C(=O)C5CCOCC5)C4)cc32)cc1C#N. The van der Waals surface area contributed by atoms with Gasteiger partial charge in [-0.25, -0.2) is 4.98 Å². The molecule has 1 amide bonds. The average Bonchev–Trinajstić information content (AvgIpc) is 3.36. The third kappa shape index (κ3) is 4.84. The van der Waals surface area contributed by atoms with Crippen LogP contribution in [0.3, 0.4) is 0 Å². The fourth-order valence-electron chi connectivity index (χ4n) is 4.99. The van der Waals surface area contributed by atoms with Crippen molar-refractivity contribution in [1.82, 2.24) is 9.88 Å². The Kier molecular flexibility index (Phi) is 6.64. The molecule has 0 bridgehead atoms. The molecule has 0 saturated carbocycles. The fraction of sp³-hybridized carbons (Fsp3) is 0.500. The van der Waals surface area contributed by atoms with Crippen LogP contribution in [-0.2, 0) is 9.53 Å². The highest BCUT2D eigenvalue weighted by molar-refractivity contribution is 5.79. The molecule has 184 valence electrons. The lowest BCUT2D eigenvalue weighted by molar-refractivity contribution is -0.137. The Balaban J connectivity index is 1.32. The fourth-order valence-corrected chi connectivity index (χ4v) is 4.99. The molecule has 1 aromatic heterocycles. The van der Waals surface area contributed by atoms with Crippen LogP contribution in [0.25, 0.3) is 0 Å². The van der Waals surface area contributed by atoms with Crippen LogP contribution in [0.2, 0.25) is 0 Å². The Bertz CT molecular complexity index is 1130. The van der Waals surface area contributed by atoms with Crippen LogP contribution in [0.1, 0.15) is 31.7 Å². The molecule has 4 heterocycles. The largest absolute Gasteiger partial charge is 0.488 e. The van der Waals surface area contributed by atoms with Crippen molar-refractivity contribution in [1.29, 1.82) is 5.26 Å². The number of benzene rings is 1. The molecule has 2 unspecified atom stereocenters. The number of likely N-dealkylation sites (tertiary alicyclic amines) is 1. The average molecular weight is 479 g/mol. The van der Waals surface area contributed by atoms with Crippen LogP contribution in [0.15, 0.2) is 30.5 Å². The first-order valence-corrected chi connectivity index (χ1v) is 12.1. The summed E-state index contributed by atoms with van der Waals surface area (Å²) in [7, 11) is 1.50. The second-order valence-corrected chi connectivity index (χ2v) is 9.23. The van der Waals surface area contributed by atoms with E-state index >= 15 is 0 Å². The van der Waals surface area contributed by atoms with E-state index in [4.69, 9.17) is 18.9 Å². The second-order valence-electron chi connectivity index (χ2n) is 9.23. The minimum absolute atomic E-state index is 0.0403. The maximum absolute atomic E-state index is 12.9. The maximum Gasteiger partial charge on any atom is 0.231 e. The number of anilines is 2. The van der Waals surface area contributed by atoms with Crippen molar-refractivity contribution < 1.29 is 23.7 Å². The van der Waals surface area contributed by atoms with Crippen molar-refractivity contribution in [2.24, 2.45) is 5.92 Å². The number of ether oxygens (including phenoxy) is 4. The zero-order valence-electron chi connectivity index (χ0n) is 20.1. The van der Waals surface area contributed by atoms with Crippen LogP contribution < -0.4 is 19.1 Å².